The summed E-state index contributed by atoms with van der Waals surface area (Å²) < 4.78 is 10.8. The van der Waals surface area contributed by atoms with Crippen molar-refractivity contribution in [2.45, 2.75) is 32.8 Å². The zero-order valence-electron chi connectivity index (χ0n) is 8.08. The van der Waals surface area contributed by atoms with E-state index in [1.807, 2.05) is 0 Å². The molecular weight excluding hydrogens is 152 g/mol. The Bertz CT molecular complexity index is 108. The highest BCUT2D eigenvalue weighted by Gasteiger charge is 2.16. The lowest BCUT2D eigenvalue weighted by Crippen LogP contribution is -2.30. The van der Waals surface area contributed by atoms with Crippen molar-refractivity contribution in [2.24, 2.45) is 5.92 Å². The molecule has 1 heterocycles. The summed E-state index contributed by atoms with van der Waals surface area (Å²) in [6.07, 6.45) is 4.99. The van der Waals surface area contributed by atoms with Crippen molar-refractivity contribution < 1.29 is 9.47 Å². The van der Waals surface area contributed by atoms with Gasteiger partial charge in [0, 0.05) is 0 Å². The third-order valence-electron chi connectivity index (χ3n) is 2.13. The molecule has 0 aliphatic carbocycles. The monoisotopic (exact) mass is 171 g/mol. The second-order valence-electron chi connectivity index (χ2n) is 3.44. The van der Waals surface area contributed by atoms with Gasteiger partial charge in [-0.2, -0.15) is 0 Å². The van der Waals surface area contributed by atoms with Gasteiger partial charge < -0.3 is 9.47 Å². The molecular formula is C10H19O2. The zero-order valence-corrected chi connectivity index (χ0v) is 8.08. The topological polar surface area (TPSA) is 18.5 Å². The van der Waals surface area contributed by atoms with E-state index < -0.39 is 0 Å². The molecule has 71 valence electrons. The molecule has 2 nitrogen and oxygen atoms in total. The second kappa shape index (κ2) is 5.55. The Kier molecular flexibility index (Phi) is 4.62. The molecule has 0 aromatic carbocycles. The van der Waals surface area contributed by atoms with E-state index in [0.717, 1.165) is 19.8 Å². The zero-order chi connectivity index (χ0) is 8.81. The molecule has 0 aromatic rings. The molecule has 0 amide bonds. The predicted molar refractivity (Wildman–Crippen MR) is 48.9 cm³/mol. The van der Waals surface area contributed by atoms with Gasteiger partial charge in [0.25, 0.3) is 0 Å². The van der Waals surface area contributed by atoms with Crippen LogP contribution in [0.1, 0.15) is 26.7 Å². The summed E-state index contributed by atoms with van der Waals surface area (Å²) in [5.74, 6) is 0.654. The van der Waals surface area contributed by atoms with Crippen LogP contribution in [0.4, 0.5) is 0 Å². The first-order valence-corrected chi connectivity index (χ1v) is 4.87. The first-order chi connectivity index (χ1) is 5.83. The lowest BCUT2D eigenvalue weighted by Gasteiger charge is -2.24. The average Bonchev–Trinajstić information content (AvgIpc) is 2.06. The van der Waals surface area contributed by atoms with Gasteiger partial charge in [-0.25, -0.2) is 0 Å². The molecule has 12 heavy (non-hydrogen) atoms. The second-order valence-corrected chi connectivity index (χ2v) is 3.44. The summed E-state index contributed by atoms with van der Waals surface area (Å²) >= 11 is 0. The van der Waals surface area contributed by atoms with Crippen molar-refractivity contribution in [3.05, 3.63) is 6.42 Å². The summed E-state index contributed by atoms with van der Waals surface area (Å²) in [7, 11) is 0. The minimum Gasteiger partial charge on any atom is -0.376 e. The van der Waals surface area contributed by atoms with Gasteiger partial charge in [-0.3, -0.25) is 0 Å². The van der Waals surface area contributed by atoms with Gasteiger partial charge in [-0.05, 0) is 12.3 Å². The quantitative estimate of drug-likeness (QED) is 0.644. The maximum Gasteiger partial charge on any atom is 0.0844 e. The number of rotatable bonds is 4. The Morgan fingerprint density at radius 2 is 2.33 bits per heavy atom. The SMILES string of the molecule is CCCC(C)[CH]C1COCCO1. The fourth-order valence-electron chi connectivity index (χ4n) is 1.54. The molecule has 0 saturated carbocycles. The van der Waals surface area contributed by atoms with Gasteiger partial charge in [0.1, 0.15) is 0 Å². The molecule has 0 bridgehead atoms. The normalized spacial score (nSPS) is 27.0. The van der Waals surface area contributed by atoms with Crippen molar-refractivity contribution >= 4 is 0 Å². The molecule has 1 fully saturated rings. The van der Waals surface area contributed by atoms with Crippen LogP contribution in [0.25, 0.3) is 0 Å². The van der Waals surface area contributed by atoms with E-state index in [0.29, 0.717) is 5.92 Å². The summed E-state index contributed by atoms with van der Waals surface area (Å²) in [6, 6.07) is 0. The molecule has 1 rings (SSSR count). The van der Waals surface area contributed by atoms with Crippen LogP contribution in [-0.4, -0.2) is 25.9 Å². The summed E-state index contributed by atoms with van der Waals surface area (Å²) in [5, 5.41) is 0. The van der Waals surface area contributed by atoms with Gasteiger partial charge in [-0.1, -0.05) is 26.7 Å². The van der Waals surface area contributed by atoms with Crippen LogP contribution in [0.2, 0.25) is 0 Å². The Balaban J connectivity index is 2.11. The molecule has 1 aliphatic rings. The van der Waals surface area contributed by atoms with E-state index in [1.54, 1.807) is 0 Å². The Morgan fingerprint density at radius 3 is 2.92 bits per heavy atom. The van der Waals surface area contributed by atoms with Crippen molar-refractivity contribution in [3.8, 4) is 0 Å². The van der Waals surface area contributed by atoms with Crippen molar-refractivity contribution in [2.75, 3.05) is 19.8 Å². The van der Waals surface area contributed by atoms with Gasteiger partial charge in [-0.15, -0.1) is 0 Å². The largest absolute Gasteiger partial charge is 0.376 e. The molecule has 1 radical (unpaired) electrons. The molecule has 0 spiro atoms. The molecule has 2 unspecified atom stereocenters. The lowest BCUT2D eigenvalue weighted by molar-refractivity contribution is -0.0772. The van der Waals surface area contributed by atoms with Crippen LogP contribution >= 0.6 is 0 Å². The highest BCUT2D eigenvalue weighted by atomic mass is 16.6. The lowest BCUT2D eigenvalue weighted by atomic mass is 9.99. The van der Waals surface area contributed by atoms with E-state index in [2.05, 4.69) is 20.3 Å². The smallest absolute Gasteiger partial charge is 0.0844 e. The summed E-state index contributed by atoms with van der Waals surface area (Å²) in [6.45, 7) is 6.70. The van der Waals surface area contributed by atoms with Crippen molar-refractivity contribution in [1.82, 2.24) is 0 Å². The van der Waals surface area contributed by atoms with Crippen LogP contribution in [0.5, 0.6) is 0 Å². The number of hydrogen-bond donors (Lipinski definition) is 0. The van der Waals surface area contributed by atoms with E-state index in [4.69, 9.17) is 9.47 Å². The van der Waals surface area contributed by atoms with E-state index in [-0.39, 0.29) is 6.10 Å². The molecule has 0 N–H and O–H groups in total. The third-order valence-corrected chi connectivity index (χ3v) is 2.13. The standard InChI is InChI=1S/C10H19O2/c1-3-4-9(2)7-10-8-11-5-6-12-10/h7,9-10H,3-6,8H2,1-2H3. The molecule has 1 aliphatic heterocycles. The van der Waals surface area contributed by atoms with Crippen molar-refractivity contribution in [1.29, 1.82) is 0 Å². The van der Waals surface area contributed by atoms with Crippen LogP contribution in [0.15, 0.2) is 0 Å². The van der Waals surface area contributed by atoms with E-state index in [9.17, 15) is 0 Å². The van der Waals surface area contributed by atoms with Gasteiger partial charge in [0.05, 0.1) is 25.9 Å². The van der Waals surface area contributed by atoms with Crippen LogP contribution < -0.4 is 0 Å². The Morgan fingerprint density at radius 1 is 1.50 bits per heavy atom. The maximum atomic E-state index is 5.51. The molecule has 2 heteroatoms. The van der Waals surface area contributed by atoms with Gasteiger partial charge in [0.15, 0.2) is 0 Å². The third kappa shape index (κ3) is 3.55. The van der Waals surface area contributed by atoms with Crippen molar-refractivity contribution in [3.63, 3.8) is 0 Å². The predicted octanol–water partition coefficient (Wildman–Crippen LogP) is 2.04. The highest BCUT2D eigenvalue weighted by Crippen LogP contribution is 2.15. The molecule has 1 saturated heterocycles. The van der Waals surface area contributed by atoms with Crippen LogP contribution in [-0.2, 0) is 9.47 Å². The van der Waals surface area contributed by atoms with Crippen LogP contribution in [0, 0.1) is 12.3 Å². The molecule has 0 aromatic heterocycles. The maximum absolute atomic E-state index is 5.51. The number of ether oxygens (including phenoxy) is 2. The highest BCUT2D eigenvalue weighted by molar-refractivity contribution is 4.83. The minimum absolute atomic E-state index is 0.236. The average molecular weight is 171 g/mol. The fraction of sp³-hybridized carbons (Fsp3) is 0.900. The summed E-state index contributed by atoms with van der Waals surface area (Å²) in [5.41, 5.74) is 0. The first-order valence-electron chi connectivity index (χ1n) is 4.87. The minimum atomic E-state index is 0.236. The van der Waals surface area contributed by atoms with E-state index in [1.165, 1.54) is 12.8 Å². The summed E-state index contributed by atoms with van der Waals surface area (Å²) in [4.78, 5) is 0. The van der Waals surface area contributed by atoms with Gasteiger partial charge >= 0.3 is 0 Å². The van der Waals surface area contributed by atoms with Crippen LogP contribution in [0.3, 0.4) is 0 Å². The molecule has 2 atom stereocenters. The van der Waals surface area contributed by atoms with E-state index >= 15 is 0 Å². The van der Waals surface area contributed by atoms with Gasteiger partial charge in [0.2, 0.25) is 0 Å². The Labute approximate surface area is 75.2 Å². The first kappa shape index (κ1) is 10.0. The Hall–Kier alpha value is -0.0800. The fourth-order valence-corrected chi connectivity index (χ4v) is 1.54. The number of hydrogen-bond acceptors (Lipinski definition) is 2.